The SMILES string of the molecule is CO[C@@H]1OC(C)(C)OC1C(F)C[C@@H]1COC(C)(C)O1. The Hall–Kier alpha value is -0.270. The van der Waals surface area contributed by atoms with E-state index in [0.717, 1.165) is 0 Å². The van der Waals surface area contributed by atoms with E-state index < -0.39 is 30.1 Å². The van der Waals surface area contributed by atoms with Crippen molar-refractivity contribution in [1.82, 2.24) is 0 Å². The Bertz CT molecular complexity index is 320. The highest BCUT2D eigenvalue weighted by molar-refractivity contribution is 4.85. The van der Waals surface area contributed by atoms with Gasteiger partial charge in [0.05, 0.1) is 12.7 Å². The van der Waals surface area contributed by atoms with Gasteiger partial charge < -0.3 is 23.7 Å². The standard InChI is InChI=1S/C13H23FO5/c1-12(2)16-7-8(17-12)6-9(14)10-11(15-5)19-13(3,4)18-10/h8-11H,6-7H2,1-5H3/t8-,9?,10?,11-/m1/s1. The van der Waals surface area contributed by atoms with Crippen molar-refractivity contribution in [3.05, 3.63) is 0 Å². The zero-order valence-electron chi connectivity index (χ0n) is 12.1. The molecule has 0 amide bonds. The first-order valence-corrected chi connectivity index (χ1v) is 6.57. The molecule has 0 bridgehead atoms. The highest BCUT2D eigenvalue weighted by atomic mass is 19.1. The van der Waals surface area contributed by atoms with Gasteiger partial charge in [-0.1, -0.05) is 0 Å². The average Bonchev–Trinajstić information content (AvgIpc) is 2.78. The van der Waals surface area contributed by atoms with Crippen LogP contribution in [0.5, 0.6) is 0 Å². The molecule has 2 saturated heterocycles. The van der Waals surface area contributed by atoms with Crippen LogP contribution in [0.1, 0.15) is 34.1 Å². The molecule has 0 saturated carbocycles. The molecule has 112 valence electrons. The van der Waals surface area contributed by atoms with E-state index in [1.807, 2.05) is 13.8 Å². The van der Waals surface area contributed by atoms with E-state index in [2.05, 4.69) is 0 Å². The summed E-state index contributed by atoms with van der Waals surface area (Å²) in [6.45, 7) is 7.50. The van der Waals surface area contributed by atoms with E-state index in [0.29, 0.717) is 6.61 Å². The summed E-state index contributed by atoms with van der Waals surface area (Å²) in [5.74, 6) is -1.47. The highest BCUT2D eigenvalue weighted by Gasteiger charge is 2.47. The Morgan fingerprint density at radius 3 is 2.37 bits per heavy atom. The lowest BCUT2D eigenvalue weighted by Gasteiger charge is -2.22. The van der Waals surface area contributed by atoms with Crippen LogP contribution < -0.4 is 0 Å². The molecule has 2 fully saturated rings. The third-order valence-corrected chi connectivity index (χ3v) is 3.23. The van der Waals surface area contributed by atoms with Gasteiger partial charge in [-0.25, -0.2) is 4.39 Å². The lowest BCUT2D eigenvalue weighted by Crippen LogP contribution is -2.36. The summed E-state index contributed by atoms with van der Waals surface area (Å²) in [6, 6.07) is 0. The molecule has 0 aromatic carbocycles. The summed E-state index contributed by atoms with van der Waals surface area (Å²) < 4.78 is 41.6. The number of halogens is 1. The molecule has 2 unspecified atom stereocenters. The minimum Gasteiger partial charge on any atom is -0.353 e. The van der Waals surface area contributed by atoms with Crippen molar-refractivity contribution in [1.29, 1.82) is 0 Å². The zero-order chi connectivity index (χ0) is 14.3. The van der Waals surface area contributed by atoms with Gasteiger partial charge in [-0.05, 0) is 27.7 Å². The lowest BCUT2D eigenvalue weighted by atomic mass is 10.1. The molecule has 0 radical (unpaired) electrons. The number of hydrogen-bond acceptors (Lipinski definition) is 5. The second-order valence-corrected chi connectivity index (χ2v) is 5.91. The first-order chi connectivity index (χ1) is 8.72. The summed E-state index contributed by atoms with van der Waals surface area (Å²) >= 11 is 0. The van der Waals surface area contributed by atoms with Crippen LogP contribution >= 0.6 is 0 Å². The second kappa shape index (κ2) is 5.26. The average molecular weight is 278 g/mol. The van der Waals surface area contributed by atoms with Crippen molar-refractivity contribution < 1.29 is 28.1 Å². The van der Waals surface area contributed by atoms with Crippen LogP contribution in [0.4, 0.5) is 4.39 Å². The normalized spacial score (nSPS) is 38.5. The van der Waals surface area contributed by atoms with Crippen LogP contribution in [-0.4, -0.2) is 50.0 Å². The van der Waals surface area contributed by atoms with Gasteiger partial charge >= 0.3 is 0 Å². The van der Waals surface area contributed by atoms with Crippen LogP contribution in [0.25, 0.3) is 0 Å². The van der Waals surface area contributed by atoms with E-state index in [1.54, 1.807) is 13.8 Å². The molecule has 0 N–H and O–H groups in total. The Balaban J connectivity index is 1.91. The van der Waals surface area contributed by atoms with Crippen LogP contribution in [0.15, 0.2) is 0 Å². The van der Waals surface area contributed by atoms with Crippen LogP contribution in [-0.2, 0) is 23.7 Å². The predicted octanol–water partition coefficient (Wildman–Crippen LogP) is 1.99. The van der Waals surface area contributed by atoms with Crippen LogP contribution in [0, 0.1) is 0 Å². The molecule has 19 heavy (non-hydrogen) atoms. The Morgan fingerprint density at radius 1 is 1.16 bits per heavy atom. The fourth-order valence-electron chi connectivity index (χ4n) is 2.45. The fraction of sp³-hybridized carbons (Fsp3) is 1.00. The van der Waals surface area contributed by atoms with E-state index in [9.17, 15) is 4.39 Å². The topological polar surface area (TPSA) is 46.2 Å². The van der Waals surface area contributed by atoms with Crippen molar-refractivity contribution in [3.63, 3.8) is 0 Å². The molecule has 2 aliphatic rings. The van der Waals surface area contributed by atoms with Crippen molar-refractivity contribution >= 4 is 0 Å². The minimum atomic E-state index is -1.23. The Labute approximate surface area is 113 Å². The van der Waals surface area contributed by atoms with E-state index in [1.165, 1.54) is 7.11 Å². The van der Waals surface area contributed by atoms with Gasteiger partial charge in [0, 0.05) is 13.5 Å². The monoisotopic (exact) mass is 278 g/mol. The number of alkyl halides is 1. The number of ether oxygens (including phenoxy) is 5. The summed E-state index contributed by atoms with van der Waals surface area (Å²) in [6.07, 6.45) is -2.73. The fourth-order valence-corrected chi connectivity index (χ4v) is 2.45. The first-order valence-electron chi connectivity index (χ1n) is 6.57. The largest absolute Gasteiger partial charge is 0.353 e. The molecule has 0 aliphatic carbocycles. The molecule has 2 aliphatic heterocycles. The maximum atomic E-state index is 14.4. The second-order valence-electron chi connectivity index (χ2n) is 5.91. The highest BCUT2D eigenvalue weighted by Crippen LogP contribution is 2.34. The molecule has 2 heterocycles. The summed E-state index contributed by atoms with van der Waals surface area (Å²) in [5, 5.41) is 0. The molecule has 0 aromatic heterocycles. The van der Waals surface area contributed by atoms with Crippen LogP contribution in [0.3, 0.4) is 0 Å². The van der Waals surface area contributed by atoms with E-state index >= 15 is 0 Å². The number of rotatable bonds is 4. The quantitative estimate of drug-likeness (QED) is 0.787. The summed E-state index contributed by atoms with van der Waals surface area (Å²) in [7, 11) is 1.48. The first kappa shape index (κ1) is 15.1. The molecule has 2 rings (SSSR count). The van der Waals surface area contributed by atoms with Gasteiger partial charge in [0.2, 0.25) is 0 Å². The third kappa shape index (κ3) is 3.64. The zero-order valence-corrected chi connectivity index (χ0v) is 12.1. The van der Waals surface area contributed by atoms with Gasteiger partial charge in [-0.3, -0.25) is 0 Å². The van der Waals surface area contributed by atoms with Crippen molar-refractivity contribution in [2.45, 2.75) is 70.4 Å². The smallest absolute Gasteiger partial charge is 0.189 e. The number of methoxy groups -OCH3 is 1. The molecule has 0 aromatic rings. The summed E-state index contributed by atoms with van der Waals surface area (Å²) in [5.41, 5.74) is 0. The summed E-state index contributed by atoms with van der Waals surface area (Å²) in [4.78, 5) is 0. The van der Waals surface area contributed by atoms with Crippen LogP contribution in [0.2, 0.25) is 0 Å². The van der Waals surface area contributed by atoms with E-state index in [-0.39, 0.29) is 12.5 Å². The van der Waals surface area contributed by atoms with Gasteiger partial charge in [0.25, 0.3) is 0 Å². The van der Waals surface area contributed by atoms with E-state index in [4.69, 9.17) is 23.7 Å². The molecular formula is C13H23FO5. The van der Waals surface area contributed by atoms with Crippen molar-refractivity contribution in [2.75, 3.05) is 13.7 Å². The lowest BCUT2D eigenvalue weighted by molar-refractivity contribution is -0.182. The molecule has 6 heteroatoms. The molecular weight excluding hydrogens is 255 g/mol. The van der Waals surface area contributed by atoms with Gasteiger partial charge in [0.15, 0.2) is 17.9 Å². The Morgan fingerprint density at radius 2 is 1.84 bits per heavy atom. The minimum absolute atomic E-state index is 0.202. The Kier molecular flexibility index (Phi) is 4.18. The molecule has 4 atom stereocenters. The van der Waals surface area contributed by atoms with Crippen molar-refractivity contribution in [3.8, 4) is 0 Å². The molecule has 0 spiro atoms. The number of hydrogen-bond donors (Lipinski definition) is 0. The van der Waals surface area contributed by atoms with Crippen molar-refractivity contribution in [2.24, 2.45) is 0 Å². The predicted molar refractivity (Wildman–Crippen MR) is 65.3 cm³/mol. The van der Waals surface area contributed by atoms with Gasteiger partial charge in [0.1, 0.15) is 12.3 Å². The molecule has 5 nitrogen and oxygen atoms in total. The van der Waals surface area contributed by atoms with Gasteiger partial charge in [-0.2, -0.15) is 0 Å². The third-order valence-electron chi connectivity index (χ3n) is 3.23. The maximum absolute atomic E-state index is 14.4. The van der Waals surface area contributed by atoms with Gasteiger partial charge in [-0.15, -0.1) is 0 Å². The maximum Gasteiger partial charge on any atom is 0.189 e.